The largest absolute Gasteiger partial charge is 0.367 e. The number of rotatable bonds is 12. The number of hydrogen-bond acceptors (Lipinski definition) is 3. The minimum Gasteiger partial charge on any atom is -0.367 e. The van der Waals surface area contributed by atoms with Crippen molar-refractivity contribution < 1.29 is 4.79 Å². The molecule has 2 aromatic carbocycles. The number of carbonyl (C=O) groups is 1. The lowest BCUT2D eigenvalue weighted by atomic mass is 9.78. The molecule has 0 saturated heterocycles. The van der Waals surface area contributed by atoms with Gasteiger partial charge in [0.15, 0.2) is 5.78 Å². The van der Waals surface area contributed by atoms with Gasteiger partial charge in [0.05, 0.1) is 0 Å². The van der Waals surface area contributed by atoms with E-state index < -0.39 is 0 Å². The van der Waals surface area contributed by atoms with E-state index in [-0.39, 0.29) is 23.2 Å². The molecule has 190 valence electrons. The van der Waals surface area contributed by atoms with E-state index in [1.165, 1.54) is 22.5 Å². The van der Waals surface area contributed by atoms with Crippen molar-refractivity contribution in [1.29, 1.82) is 0 Å². The average Bonchev–Trinajstić information content (AvgIpc) is 3.04. The highest BCUT2D eigenvalue weighted by atomic mass is 16.1. The zero-order valence-corrected chi connectivity index (χ0v) is 23.1. The smallest absolute Gasteiger partial charge is 0.159 e. The molecule has 1 atom stereocenters. The minimum atomic E-state index is -0.0657. The molecule has 0 aliphatic carbocycles. The second-order valence-electron chi connectivity index (χ2n) is 11.0. The van der Waals surface area contributed by atoms with Gasteiger partial charge in [0.25, 0.3) is 0 Å². The van der Waals surface area contributed by atoms with Crippen molar-refractivity contribution in [1.82, 2.24) is 0 Å². The van der Waals surface area contributed by atoms with Crippen LogP contribution in [0.15, 0.2) is 60.3 Å². The van der Waals surface area contributed by atoms with Crippen LogP contribution in [0.4, 0.5) is 11.4 Å². The standard InChI is InChI=1S/C32H46N2O/c1-8-10-20-33(28-18-14-12-16-25(28)5)30(24(3)4)22-26(35)23-31-32(6,7)27-17-13-15-19-29(27)34(31)21-11-9-2/h12-19,22,24,31H,8-11,20-21,23H2,1-7H3/b30-22+. The van der Waals surface area contributed by atoms with E-state index in [2.05, 4.69) is 107 Å². The van der Waals surface area contributed by atoms with Gasteiger partial charge < -0.3 is 9.80 Å². The Hall–Kier alpha value is -2.55. The molecular weight excluding hydrogens is 428 g/mol. The molecule has 2 aromatic rings. The maximum Gasteiger partial charge on any atom is 0.159 e. The third-order valence-electron chi connectivity index (χ3n) is 7.62. The molecule has 3 heteroatoms. The Kier molecular flexibility index (Phi) is 9.21. The van der Waals surface area contributed by atoms with Gasteiger partial charge in [-0.05, 0) is 48.9 Å². The van der Waals surface area contributed by atoms with Gasteiger partial charge in [-0.1, -0.05) is 90.8 Å². The molecule has 0 saturated carbocycles. The molecular formula is C32H46N2O. The summed E-state index contributed by atoms with van der Waals surface area (Å²) in [5.74, 6) is 0.497. The van der Waals surface area contributed by atoms with Crippen LogP contribution in [0.3, 0.4) is 0 Å². The molecule has 1 aliphatic heterocycles. The lowest BCUT2D eigenvalue weighted by molar-refractivity contribution is -0.115. The van der Waals surface area contributed by atoms with Gasteiger partial charge in [-0.2, -0.15) is 0 Å². The van der Waals surface area contributed by atoms with Crippen molar-refractivity contribution in [3.8, 4) is 0 Å². The van der Waals surface area contributed by atoms with Crippen molar-refractivity contribution in [2.24, 2.45) is 5.92 Å². The number of para-hydroxylation sites is 2. The highest BCUT2D eigenvalue weighted by Crippen LogP contribution is 2.46. The number of anilines is 2. The Morgan fingerprint density at radius 3 is 2.34 bits per heavy atom. The molecule has 1 aliphatic rings. The number of fused-ring (bicyclic) bond motifs is 1. The zero-order valence-electron chi connectivity index (χ0n) is 23.1. The number of aryl methyl sites for hydroxylation is 1. The van der Waals surface area contributed by atoms with E-state index in [9.17, 15) is 4.79 Å². The summed E-state index contributed by atoms with van der Waals surface area (Å²) >= 11 is 0. The number of ketones is 1. The molecule has 1 unspecified atom stereocenters. The van der Waals surface area contributed by atoms with Gasteiger partial charge in [-0.25, -0.2) is 0 Å². The molecule has 0 amide bonds. The van der Waals surface area contributed by atoms with Crippen molar-refractivity contribution in [3.63, 3.8) is 0 Å². The minimum absolute atomic E-state index is 0.0657. The SMILES string of the molecule is CCCCN(/C(=C/C(=O)CC1N(CCCC)c2ccccc2C1(C)C)C(C)C)c1ccccc1C. The van der Waals surface area contributed by atoms with E-state index >= 15 is 0 Å². The second kappa shape index (κ2) is 11.9. The van der Waals surface area contributed by atoms with Crippen LogP contribution in [-0.4, -0.2) is 24.9 Å². The van der Waals surface area contributed by atoms with Crippen LogP contribution in [0.2, 0.25) is 0 Å². The summed E-state index contributed by atoms with van der Waals surface area (Å²) in [6, 6.07) is 17.5. The van der Waals surface area contributed by atoms with E-state index in [1.807, 2.05) is 6.08 Å². The van der Waals surface area contributed by atoms with Gasteiger partial charge in [0, 0.05) is 54.1 Å². The third-order valence-corrected chi connectivity index (χ3v) is 7.62. The predicted molar refractivity (Wildman–Crippen MR) is 151 cm³/mol. The molecule has 0 bridgehead atoms. The Morgan fingerprint density at radius 1 is 1.03 bits per heavy atom. The van der Waals surface area contributed by atoms with Crippen LogP contribution in [0.5, 0.6) is 0 Å². The first kappa shape index (κ1) is 27.0. The van der Waals surface area contributed by atoms with Gasteiger partial charge in [0.2, 0.25) is 0 Å². The average molecular weight is 475 g/mol. The number of nitrogens with zero attached hydrogens (tertiary/aromatic N) is 2. The Morgan fingerprint density at radius 2 is 1.69 bits per heavy atom. The fourth-order valence-corrected chi connectivity index (χ4v) is 5.52. The van der Waals surface area contributed by atoms with Gasteiger partial charge in [-0.15, -0.1) is 0 Å². The summed E-state index contributed by atoms with van der Waals surface area (Å²) in [7, 11) is 0. The third kappa shape index (κ3) is 6.00. The zero-order chi connectivity index (χ0) is 25.6. The molecule has 3 rings (SSSR count). The first-order valence-corrected chi connectivity index (χ1v) is 13.7. The molecule has 1 heterocycles. The normalized spacial score (nSPS) is 17.1. The lowest BCUT2D eigenvalue weighted by Crippen LogP contribution is -2.43. The summed E-state index contributed by atoms with van der Waals surface area (Å²) < 4.78 is 0. The van der Waals surface area contributed by atoms with Crippen molar-refractivity contribution >= 4 is 17.2 Å². The monoisotopic (exact) mass is 474 g/mol. The molecule has 3 nitrogen and oxygen atoms in total. The highest BCUT2D eigenvalue weighted by Gasteiger charge is 2.44. The van der Waals surface area contributed by atoms with Gasteiger partial charge in [-0.3, -0.25) is 4.79 Å². The summed E-state index contributed by atoms with van der Waals surface area (Å²) in [6.07, 6.45) is 7.02. The first-order chi connectivity index (χ1) is 16.7. The van der Waals surface area contributed by atoms with Gasteiger partial charge in [0.1, 0.15) is 0 Å². The molecule has 0 aromatic heterocycles. The number of hydrogen-bond donors (Lipinski definition) is 0. The van der Waals surface area contributed by atoms with Crippen LogP contribution >= 0.6 is 0 Å². The van der Waals surface area contributed by atoms with Crippen LogP contribution < -0.4 is 9.80 Å². The Labute approximate surface area is 214 Å². The summed E-state index contributed by atoms with van der Waals surface area (Å²) in [5, 5.41) is 0. The topological polar surface area (TPSA) is 23.6 Å². The van der Waals surface area contributed by atoms with Crippen LogP contribution in [0.1, 0.15) is 84.8 Å². The van der Waals surface area contributed by atoms with E-state index in [1.54, 1.807) is 0 Å². The Bertz CT molecular complexity index is 1020. The summed E-state index contributed by atoms with van der Waals surface area (Å²) in [6.45, 7) is 17.6. The fourth-order valence-electron chi connectivity index (χ4n) is 5.52. The summed E-state index contributed by atoms with van der Waals surface area (Å²) in [4.78, 5) is 18.6. The molecule has 0 spiro atoms. The molecule has 0 N–H and O–H groups in total. The van der Waals surface area contributed by atoms with Gasteiger partial charge >= 0.3 is 0 Å². The first-order valence-electron chi connectivity index (χ1n) is 13.7. The molecule has 35 heavy (non-hydrogen) atoms. The van der Waals surface area contributed by atoms with E-state index in [4.69, 9.17) is 0 Å². The lowest BCUT2D eigenvalue weighted by Gasteiger charge is -2.35. The number of carbonyl (C=O) groups excluding carboxylic acids is 1. The van der Waals surface area contributed by atoms with E-state index in [0.29, 0.717) is 6.42 Å². The Balaban J connectivity index is 1.94. The maximum absolute atomic E-state index is 13.7. The molecule has 0 radical (unpaired) electrons. The predicted octanol–water partition coefficient (Wildman–Crippen LogP) is 8.07. The van der Waals surface area contributed by atoms with Crippen LogP contribution in [0.25, 0.3) is 0 Å². The number of allylic oxidation sites excluding steroid dienone is 2. The number of benzene rings is 2. The fraction of sp³-hybridized carbons (Fsp3) is 0.531. The molecule has 0 fully saturated rings. The van der Waals surface area contributed by atoms with E-state index in [0.717, 1.165) is 44.5 Å². The van der Waals surface area contributed by atoms with Crippen LogP contribution in [0, 0.1) is 12.8 Å². The van der Waals surface area contributed by atoms with Crippen LogP contribution in [-0.2, 0) is 10.2 Å². The highest BCUT2D eigenvalue weighted by molar-refractivity contribution is 5.92. The van der Waals surface area contributed by atoms with Crippen molar-refractivity contribution in [2.75, 3.05) is 22.9 Å². The van der Waals surface area contributed by atoms with Crippen molar-refractivity contribution in [3.05, 3.63) is 71.4 Å². The second-order valence-corrected chi connectivity index (χ2v) is 11.0. The van der Waals surface area contributed by atoms with Crippen molar-refractivity contribution in [2.45, 2.75) is 92.0 Å². The number of unbranched alkanes of at least 4 members (excludes halogenated alkanes) is 2. The quantitative estimate of drug-likeness (QED) is 0.291. The summed E-state index contributed by atoms with van der Waals surface area (Å²) in [5.41, 5.74) is 6.20. The maximum atomic E-state index is 13.7.